The van der Waals surface area contributed by atoms with E-state index in [2.05, 4.69) is 5.32 Å². The van der Waals surface area contributed by atoms with Crippen LogP contribution in [0.2, 0.25) is 0 Å². The first-order chi connectivity index (χ1) is 6.13. The van der Waals surface area contributed by atoms with Crippen LogP contribution in [0.5, 0.6) is 5.75 Å². The molecule has 1 aromatic carbocycles. The van der Waals surface area contributed by atoms with Crippen LogP contribution in [0.1, 0.15) is 0 Å². The van der Waals surface area contributed by atoms with E-state index >= 15 is 0 Å². The molecule has 5 nitrogen and oxygen atoms in total. The summed E-state index contributed by atoms with van der Waals surface area (Å²) in [5.74, 6) is -0.406. The number of amides is 1. The molecule has 0 aliphatic carbocycles. The molecule has 0 aliphatic rings. The molecule has 0 radical (unpaired) electrons. The van der Waals surface area contributed by atoms with E-state index in [0.717, 1.165) is 0 Å². The first kappa shape index (κ1) is 9.34. The van der Waals surface area contributed by atoms with Crippen molar-refractivity contribution in [2.24, 2.45) is 5.73 Å². The molecule has 0 aliphatic heterocycles. The van der Waals surface area contributed by atoms with E-state index in [1.807, 2.05) is 0 Å². The second kappa shape index (κ2) is 3.77. The zero-order chi connectivity index (χ0) is 9.84. The molecular weight excluding hydrogens is 170 g/mol. The van der Waals surface area contributed by atoms with Crippen LogP contribution in [0, 0.1) is 0 Å². The van der Waals surface area contributed by atoms with Crippen LogP contribution in [-0.4, -0.2) is 17.6 Å². The van der Waals surface area contributed by atoms with Crippen molar-refractivity contribution in [3.05, 3.63) is 18.2 Å². The van der Waals surface area contributed by atoms with E-state index in [9.17, 15) is 9.90 Å². The van der Waals surface area contributed by atoms with Gasteiger partial charge in [0, 0.05) is 5.69 Å². The van der Waals surface area contributed by atoms with Gasteiger partial charge >= 0.3 is 0 Å². The Hall–Kier alpha value is -1.75. The van der Waals surface area contributed by atoms with Crippen LogP contribution in [0.4, 0.5) is 11.4 Å². The average Bonchev–Trinajstić information content (AvgIpc) is 2.11. The smallest absolute Gasteiger partial charge is 0.238 e. The molecule has 1 amide bonds. The van der Waals surface area contributed by atoms with E-state index in [1.54, 1.807) is 0 Å². The van der Waals surface area contributed by atoms with Gasteiger partial charge in [0.25, 0.3) is 0 Å². The molecule has 6 N–H and O–H groups in total. The molecule has 0 bridgehead atoms. The lowest BCUT2D eigenvalue weighted by Crippen LogP contribution is -2.21. The van der Waals surface area contributed by atoms with E-state index < -0.39 is 0 Å². The van der Waals surface area contributed by atoms with Gasteiger partial charge in [-0.2, -0.15) is 0 Å². The van der Waals surface area contributed by atoms with Gasteiger partial charge in [-0.15, -0.1) is 0 Å². The van der Waals surface area contributed by atoms with Gasteiger partial charge in [0.15, 0.2) is 0 Å². The molecule has 0 fully saturated rings. The third kappa shape index (κ3) is 2.34. The Morgan fingerprint density at radius 3 is 2.85 bits per heavy atom. The van der Waals surface area contributed by atoms with Gasteiger partial charge in [-0.05, 0) is 18.2 Å². The van der Waals surface area contributed by atoms with Gasteiger partial charge in [0.05, 0.1) is 12.2 Å². The van der Waals surface area contributed by atoms with Crippen LogP contribution >= 0.6 is 0 Å². The van der Waals surface area contributed by atoms with Crippen molar-refractivity contribution in [1.29, 1.82) is 0 Å². The summed E-state index contributed by atoms with van der Waals surface area (Å²) in [6.45, 7) is -0.131. The molecule has 13 heavy (non-hydrogen) atoms. The maximum atomic E-state index is 10.9. The fourth-order valence-corrected chi connectivity index (χ4v) is 0.855. The number of hydrogen-bond acceptors (Lipinski definition) is 4. The number of benzene rings is 1. The SMILES string of the molecule is NCC(=O)Nc1cc(N)ccc1O. The minimum Gasteiger partial charge on any atom is -0.506 e. The molecule has 0 heterocycles. The fraction of sp³-hybridized carbons (Fsp3) is 0.125. The van der Waals surface area contributed by atoms with Gasteiger partial charge in [-0.3, -0.25) is 4.79 Å². The number of anilines is 2. The molecule has 0 aromatic heterocycles. The van der Waals surface area contributed by atoms with Gasteiger partial charge in [0.1, 0.15) is 5.75 Å². The Morgan fingerprint density at radius 1 is 1.54 bits per heavy atom. The Kier molecular flexibility index (Phi) is 2.71. The lowest BCUT2D eigenvalue weighted by atomic mass is 10.2. The lowest BCUT2D eigenvalue weighted by Gasteiger charge is -2.06. The van der Waals surface area contributed by atoms with Crippen molar-refractivity contribution in [2.75, 3.05) is 17.6 Å². The van der Waals surface area contributed by atoms with Crippen LogP contribution in [0.25, 0.3) is 0 Å². The van der Waals surface area contributed by atoms with Crippen LogP contribution < -0.4 is 16.8 Å². The number of hydrogen-bond donors (Lipinski definition) is 4. The van der Waals surface area contributed by atoms with E-state index in [0.29, 0.717) is 5.69 Å². The first-order valence-electron chi connectivity index (χ1n) is 3.72. The maximum absolute atomic E-state index is 10.9. The third-order valence-electron chi connectivity index (χ3n) is 1.48. The van der Waals surface area contributed by atoms with Crippen LogP contribution in [0.3, 0.4) is 0 Å². The van der Waals surface area contributed by atoms with Gasteiger partial charge in [-0.1, -0.05) is 0 Å². The van der Waals surface area contributed by atoms with Gasteiger partial charge < -0.3 is 21.9 Å². The summed E-state index contributed by atoms with van der Waals surface area (Å²) in [5.41, 5.74) is 11.3. The number of aromatic hydroxyl groups is 1. The predicted octanol–water partition coefficient (Wildman–Crippen LogP) is -0.128. The molecule has 1 aromatic rings. The number of nitrogens with two attached hydrogens (primary N) is 2. The molecule has 5 heteroatoms. The number of carbonyl (C=O) groups excluding carboxylic acids is 1. The largest absolute Gasteiger partial charge is 0.506 e. The van der Waals surface area contributed by atoms with Crippen molar-refractivity contribution in [3.8, 4) is 5.75 Å². The number of rotatable bonds is 2. The molecule has 70 valence electrons. The Bertz CT molecular complexity index is 325. The highest BCUT2D eigenvalue weighted by atomic mass is 16.3. The Balaban J connectivity index is 2.87. The molecule has 0 spiro atoms. The number of carbonyl (C=O) groups is 1. The van der Waals surface area contributed by atoms with Crippen molar-refractivity contribution in [3.63, 3.8) is 0 Å². The summed E-state index contributed by atoms with van der Waals surface area (Å²) < 4.78 is 0. The van der Waals surface area contributed by atoms with Crippen molar-refractivity contribution in [1.82, 2.24) is 0 Å². The molecule has 0 saturated heterocycles. The summed E-state index contributed by atoms with van der Waals surface area (Å²) in [6.07, 6.45) is 0. The number of phenols is 1. The zero-order valence-electron chi connectivity index (χ0n) is 6.95. The Morgan fingerprint density at radius 2 is 2.23 bits per heavy atom. The molecule has 0 saturated carbocycles. The van der Waals surface area contributed by atoms with E-state index in [1.165, 1.54) is 18.2 Å². The Labute approximate surface area is 75.3 Å². The van der Waals surface area contributed by atoms with Crippen LogP contribution in [0.15, 0.2) is 18.2 Å². The summed E-state index contributed by atoms with van der Waals surface area (Å²) >= 11 is 0. The predicted molar refractivity (Wildman–Crippen MR) is 50.2 cm³/mol. The average molecular weight is 181 g/mol. The quantitative estimate of drug-likeness (QED) is 0.290. The third-order valence-corrected chi connectivity index (χ3v) is 1.48. The normalized spacial score (nSPS) is 9.62. The first-order valence-corrected chi connectivity index (χ1v) is 3.72. The maximum Gasteiger partial charge on any atom is 0.238 e. The molecular formula is C8H11N3O2. The zero-order valence-corrected chi connectivity index (χ0v) is 6.95. The number of nitrogens with one attached hydrogen (secondary N) is 1. The number of phenolic OH excluding ortho intramolecular Hbond substituents is 1. The summed E-state index contributed by atoms with van der Waals surface area (Å²) in [5, 5.41) is 11.7. The number of nitrogen functional groups attached to an aromatic ring is 1. The molecule has 1 rings (SSSR count). The second-order valence-electron chi connectivity index (χ2n) is 2.53. The summed E-state index contributed by atoms with van der Waals surface area (Å²) in [7, 11) is 0. The topological polar surface area (TPSA) is 101 Å². The summed E-state index contributed by atoms with van der Waals surface area (Å²) in [4.78, 5) is 10.9. The monoisotopic (exact) mass is 181 g/mol. The van der Waals surface area contributed by atoms with Crippen molar-refractivity contribution in [2.45, 2.75) is 0 Å². The van der Waals surface area contributed by atoms with Gasteiger partial charge in [-0.25, -0.2) is 0 Å². The molecule has 0 unspecified atom stereocenters. The van der Waals surface area contributed by atoms with Crippen molar-refractivity contribution < 1.29 is 9.90 Å². The minimum atomic E-state index is -0.374. The van der Waals surface area contributed by atoms with Crippen LogP contribution in [-0.2, 0) is 4.79 Å². The van der Waals surface area contributed by atoms with E-state index in [4.69, 9.17) is 11.5 Å². The van der Waals surface area contributed by atoms with Crippen molar-refractivity contribution >= 4 is 17.3 Å². The highest BCUT2D eigenvalue weighted by molar-refractivity contribution is 5.93. The van der Waals surface area contributed by atoms with Gasteiger partial charge in [0.2, 0.25) is 5.91 Å². The highest BCUT2D eigenvalue weighted by Gasteiger charge is 2.04. The standard InChI is InChI=1S/C8H11N3O2/c9-4-8(13)11-6-3-5(10)1-2-7(6)12/h1-3,12H,4,9-10H2,(H,11,13). The highest BCUT2D eigenvalue weighted by Crippen LogP contribution is 2.24. The second-order valence-corrected chi connectivity index (χ2v) is 2.53. The fourth-order valence-electron chi connectivity index (χ4n) is 0.855. The molecule has 0 atom stereocenters. The minimum absolute atomic E-state index is 0.0315. The summed E-state index contributed by atoms with van der Waals surface area (Å²) in [6, 6.07) is 4.40. The van der Waals surface area contributed by atoms with E-state index in [-0.39, 0.29) is 23.9 Å². The lowest BCUT2D eigenvalue weighted by molar-refractivity contribution is -0.114.